The first-order chi connectivity index (χ1) is 41.0. The van der Waals surface area contributed by atoms with E-state index in [0.29, 0.717) is 17.4 Å². The molecular weight excluding hydrogens is 1060 g/mol. The molecule has 0 radical (unpaired) electrons. The quantitative estimate of drug-likeness (QED) is 0.0195. The van der Waals surface area contributed by atoms with Gasteiger partial charge in [-0.25, -0.2) is 0 Å². The number of phosphoric ester groups is 1. The number of hydrogen-bond acceptors (Lipinski definition) is 8. The van der Waals surface area contributed by atoms with Crippen LogP contribution in [0.25, 0.3) is 0 Å². The highest BCUT2D eigenvalue weighted by atomic mass is 31.2. The van der Waals surface area contributed by atoms with Crippen molar-refractivity contribution in [3.05, 3.63) is 134 Å². The van der Waals surface area contributed by atoms with Gasteiger partial charge in [-0.3, -0.25) is 14.2 Å². The van der Waals surface area contributed by atoms with Crippen molar-refractivity contribution in [1.29, 1.82) is 0 Å². The van der Waals surface area contributed by atoms with Gasteiger partial charge in [0.2, 0.25) is 0 Å². The van der Waals surface area contributed by atoms with Crippen molar-refractivity contribution in [2.24, 2.45) is 0 Å². The van der Waals surface area contributed by atoms with Crippen molar-refractivity contribution in [2.75, 3.05) is 47.5 Å². The molecule has 2 atom stereocenters. The van der Waals surface area contributed by atoms with E-state index in [0.717, 1.165) is 89.9 Å². The summed E-state index contributed by atoms with van der Waals surface area (Å²) >= 11 is 0. The standard InChI is InChI=1S/C74H126NO8P/c1-6-8-10-12-14-16-18-20-22-24-26-27-28-29-30-31-32-33-34-35-36-37-38-39-40-41-42-43-44-45-46-47-49-50-52-54-56-58-60-62-64-66-73(76)80-70-72(71-82-84(78,79)81-69-68-75(3,4)5)83-74(77)67-65-63-61-59-57-55-53-51-48-25-23-21-19-17-15-13-11-9-7-2/h8-11,14-17,20-23,26-27,29-30,48,51,55,57,61,63,72H,6-7,12-13,18-19,24-25,28,31-47,49-50,52-54,56,58-60,62,64-71H2,1-5H3/b10-8-,11-9-,16-14-,17-15-,22-20-,23-21-,27-26-,30-29-,51-48-,57-55-,63-61-. The second-order valence-electron chi connectivity index (χ2n) is 23.4. The van der Waals surface area contributed by atoms with Gasteiger partial charge >= 0.3 is 11.9 Å². The van der Waals surface area contributed by atoms with Gasteiger partial charge in [-0.05, 0) is 96.3 Å². The van der Waals surface area contributed by atoms with Gasteiger partial charge in [0.15, 0.2) is 6.10 Å². The Hall–Kier alpha value is -3.85. The third kappa shape index (κ3) is 67.3. The molecule has 0 N–H and O–H groups in total. The second-order valence-corrected chi connectivity index (χ2v) is 24.8. The van der Waals surface area contributed by atoms with Crippen LogP contribution in [0, 0.1) is 0 Å². The van der Waals surface area contributed by atoms with Crippen molar-refractivity contribution < 1.29 is 42.1 Å². The number of nitrogens with zero attached hydrogens (tertiary/aromatic N) is 1. The van der Waals surface area contributed by atoms with Crippen molar-refractivity contribution >= 4 is 19.8 Å². The first-order valence-corrected chi connectivity index (χ1v) is 35.4. The van der Waals surface area contributed by atoms with E-state index in [4.69, 9.17) is 18.5 Å². The number of hydrogen-bond donors (Lipinski definition) is 0. The van der Waals surface area contributed by atoms with Gasteiger partial charge in [0.05, 0.1) is 27.7 Å². The summed E-state index contributed by atoms with van der Waals surface area (Å²) in [5, 5.41) is 0. The maximum atomic E-state index is 12.8. The third-order valence-corrected chi connectivity index (χ3v) is 15.1. The first-order valence-electron chi connectivity index (χ1n) is 33.9. The zero-order valence-corrected chi connectivity index (χ0v) is 55.4. The summed E-state index contributed by atoms with van der Waals surface area (Å²) in [6.45, 7) is 3.93. The lowest BCUT2D eigenvalue weighted by Crippen LogP contribution is -2.37. The van der Waals surface area contributed by atoms with Crippen LogP contribution in [0.4, 0.5) is 0 Å². The predicted molar refractivity (Wildman–Crippen MR) is 360 cm³/mol. The molecule has 0 amide bonds. The number of carbonyl (C=O) groups is 2. The van der Waals surface area contributed by atoms with Crippen molar-refractivity contribution in [3.8, 4) is 0 Å². The molecule has 10 heteroatoms. The molecule has 480 valence electrons. The zero-order valence-electron chi connectivity index (χ0n) is 54.6. The molecule has 0 aliphatic carbocycles. The lowest BCUT2D eigenvalue weighted by Gasteiger charge is -2.28. The Balaban J connectivity index is 3.98. The smallest absolute Gasteiger partial charge is 0.306 e. The van der Waals surface area contributed by atoms with Crippen LogP contribution in [0.3, 0.4) is 0 Å². The Bertz CT molecular complexity index is 1880. The maximum absolute atomic E-state index is 12.8. The van der Waals surface area contributed by atoms with Crippen LogP contribution in [-0.2, 0) is 32.7 Å². The van der Waals surface area contributed by atoms with Crippen LogP contribution in [0.1, 0.15) is 271 Å². The molecule has 0 aromatic rings. The van der Waals surface area contributed by atoms with E-state index in [1.807, 2.05) is 33.3 Å². The van der Waals surface area contributed by atoms with Crippen molar-refractivity contribution in [3.63, 3.8) is 0 Å². The zero-order chi connectivity index (χ0) is 61.2. The maximum Gasteiger partial charge on any atom is 0.306 e. The second kappa shape index (κ2) is 63.6. The van der Waals surface area contributed by atoms with Gasteiger partial charge in [-0.1, -0.05) is 295 Å². The van der Waals surface area contributed by atoms with Gasteiger partial charge in [-0.2, -0.15) is 0 Å². The fourth-order valence-corrected chi connectivity index (χ4v) is 9.79. The Labute approximate surface area is 517 Å². The molecule has 2 unspecified atom stereocenters. The molecule has 0 bridgehead atoms. The van der Waals surface area contributed by atoms with Gasteiger partial charge in [-0.15, -0.1) is 0 Å². The fourth-order valence-electron chi connectivity index (χ4n) is 9.06. The molecule has 0 aromatic carbocycles. The molecule has 84 heavy (non-hydrogen) atoms. The molecule has 0 saturated carbocycles. The topological polar surface area (TPSA) is 111 Å². The van der Waals surface area contributed by atoms with Crippen molar-refractivity contribution in [1.82, 2.24) is 0 Å². The highest BCUT2D eigenvalue weighted by Gasteiger charge is 2.21. The first kappa shape index (κ1) is 80.2. The Morgan fingerprint density at radius 3 is 1.00 bits per heavy atom. The highest BCUT2D eigenvalue weighted by Crippen LogP contribution is 2.38. The van der Waals surface area contributed by atoms with E-state index in [1.54, 1.807) is 0 Å². The van der Waals surface area contributed by atoms with E-state index in [1.165, 1.54) is 148 Å². The Morgan fingerprint density at radius 1 is 0.369 bits per heavy atom. The summed E-state index contributed by atoms with van der Waals surface area (Å²) in [6, 6.07) is 0. The van der Waals surface area contributed by atoms with Crippen LogP contribution >= 0.6 is 7.82 Å². The molecule has 0 rings (SSSR count). The molecule has 0 fully saturated rings. The number of phosphoric acid groups is 1. The van der Waals surface area contributed by atoms with E-state index >= 15 is 0 Å². The Kier molecular flexibility index (Phi) is 60.7. The molecule has 0 saturated heterocycles. The SMILES string of the molecule is CC/C=C\C/C=C\C/C=C\C/C=C\C/C=C\C/C=C\CCC(=O)OC(COC(=O)CCCCCCCCCCCCCCCCCCCCCCCCCCC/C=C\C/C=C\C/C=C\C/C=C\C/C=C\CC)COP(=O)([O-])OCC[N+](C)(C)C. The normalized spacial score (nSPS) is 14.0. The number of rotatable bonds is 61. The Morgan fingerprint density at radius 2 is 0.667 bits per heavy atom. The molecule has 9 nitrogen and oxygen atoms in total. The number of unbranched alkanes of at least 4 members (excludes halogenated alkanes) is 25. The summed E-state index contributed by atoms with van der Waals surface area (Å²) in [5.41, 5.74) is 0. The molecule has 0 spiro atoms. The predicted octanol–water partition coefficient (Wildman–Crippen LogP) is 21.4. The number of carbonyl (C=O) groups excluding carboxylic acids is 2. The summed E-state index contributed by atoms with van der Waals surface area (Å²) in [4.78, 5) is 37.9. The minimum absolute atomic E-state index is 0.0489. The third-order valence-electron chi connectivity index (χ3n) is 14.2. The lowest BCUT2D eigenvalue weighted by molar-refractivity contribution is -0.870. The number of likely N-dealkylation sites (N-methyl/N-ethyl adjacent to an activating group) is 1. The summed E-state index contributed by atoms with van der Waals surface area (Å²) < 4.78 is 34.1. The summed E-state index contributed by atoms with van der Waals surface area (Å²) in [7, 11) is 1.11. The van der Waals surface area contributed by atoms with Gasteiger partial charge in [0.1, 0.15) is 19.8 Å². The minimum Gasteiger partial charge on any atom is -0.756 e. The molecule has 0 heterocycles. The monoisotopic (exact) mass is 1190 g/mol. The van der Waals surface area contributed by atoms with Gasteiger partial charge in [0.25, 0.3) is 7.82 Å². The summed E-state index contributed by atoms with van der Waals surface area (Å²) in [5.74, 6) is -0.930. The van der Waals surface area contributed by atoms with E-state index < -0.39 is 32.5 Å². The number of esters is 2. The summed E-state index contributed by atoms with van der Waals surface area (Å²) in [6.07, 6.45) is 92.9. The minimum atomic E-state index is -4.66. The fraction of sp³-hybridized carbons (Fsp3) is 0.676. The largest absolute Gasteiger partial charge is 0.756 e. The van der Waals surface area contributed by atoms with Gasteiger partial charge < -0.3 is 27.9 Å². The average molecular weight is 1190 g/mol. The van der Waals surface area contributed by atoms with E-state index in [-0.39, 0.29) is 26.1 Å². The van der Waals surface area contributed by atoms with Crippen LogP contribution in [-0.4, -0.2) is 70.0 Å². The van der Waals surface area contributed by atoms with Crippen LogP contribution in [0.2, 0.25) is 0 Å². The molecule has 0 aliphatic rings. The molecular formula is C74H126NO8P. The van der Waals surface area contributed by atoms with Crippen LogP contribution in [0.15, 0.2) is 134 Å². The number of allylic oxidation sites excluding steroid dienone is 22. The average Bonchev–Trinajstić information content (AvgIpc) is 3.61. The highest BCUT2D eigenvalue weighted by molar-refractivity contribution is 7.45. The number of ether oxygens (including phenoxy) is 2. The van der Waals surface area contributed by atoms with Crippen molar-refractivity contribution in [2.45, 2.75) is 277 Å². The van der Waals surface area contributed by atoms with Crippen LogP contribution < -0.4 is 4.89 Å². The van der Waals surface area contributed by atoms with E-state index in [2.05, 4.69) is 135 Å². The van der Waals surface area contributed by atoms with E-state index in [9.17, 15) is 19.0 Å². The number of quaternary nitrogens is 1. The van der Waals surface area contributed by atoms with Crippen LogP contribution in [0.5, 0.6) is 0 Å². The lowest BCUT2D eigenvalue weighted by atomic mass is 10.0. The van der Waals surface area contributed by atoms with Gasteiger partial charge in [0, 0.05) is 12.8 Å². The molecule has 0 aromatic heterocycles. The molecule has 0 aliphatic heterocycles.